The van der Waals surface area contributed by atoms with Gasteiger partial charge in [0, 0.05) is 26.8 Å². The predicted molar refractivity (Wildman–Crippen MR) is 132 cm³/mol. The van der Waals surface area contributed by atoms with Crippen molar-refractivity contribution in [3.63, 3.8) is 0 Å². The molecule has 0 radical (unpaired) electrons. The second-order valence-electron chi connectivity index (χ2n) is 7.98. The lowest BCUT2D eigenvalue weighted by Gasteiger charge is -2.32. The van der Waals surface area contributed by atoms with Crippen LogP contribution in [0, 0.1) is 0 Å². The lowest BCUT2D eigenvalue weighted by atomic mass is 10.0. The molecule has 178 valence electrons. The molecule has 0 bridgehead atoms. The van der Waals surface area contributed by atoms with Gasteiger partial charge >= 0.3 is 0 Å². The summed E-state index contributed by atoms with van der Waals surface area (Å²) in [6.45, 7) is 1.32. The summed E-state index contributed by atoms with van der Waals surface area (Å²) in [6, 6.07) is 25.8. The number of methoxy groups -OCH3 is 2. The molecule has 0 saturated carbocycles. The monoisotopic (exact) mass is 460 g/mol. The van der Waals surface area contributed by atoms with Crippen molar-refractivity contribution >= 4 is 11.8 Å². The highest BCUT2D eigenvalue weighted by atomic mass is 16.5. The van der Waals surface area contributed by atoms with E-state index in [2.05, 4.69) is 5.32 Å². The molecule has 3 rings (SSSR count). The Morgan fingerprint density at radius 3 is 2.12 bits per heavy atom. The Balaban J connectivity index is 1.93. The smallest absolute Gasteiger partial charge is 0.247 e. The first-order valence-corrected chi connectivity index (χ1v) is 11.4. The van der Waals surface area contributed by atoms with Gasteiger partial charge in [-0.3, -0.25) is 9.59 Å². The van der Waals surface area contributed by atoms with E-state index < -0.39 is 6.04 Å². The van der Waals surface area contributed by atoms with Crippen molar-refractivity contribution in [2.75, 3.05) is 27.4 Å². The number of amides is 2. The molecular weight excluding hydrogens is 428 g/mol. The number of ether oxygens (including phenoxy) is 2. The predicted octanol–water partition coefficient (Wildman–Crippen LogP) is 4.16. The number of nitrogens with one attached hydrogen (secondary N) is 1. The molecule has 0 heterocycles. The van der Waals surface area contributed by atoms with Crippen molar-refractivity contribution in [2.45, 2.75) is 25.4 Å². The number of nitrogens with zero attached hydrogens (tertiary/aromatic N) is 1. The highest BCUT2D eigenvalue weighted by Crippen LogP contribution is 2.25. The number of hydrogen-bond donors (Lipinski definition) is 1. The Bertz CT molecular complexity index is 1020. The normalized spacial score (nSPS) is 11.5. The van der Waals surface area contributed by atoms with Gasteiger partial charge in [-0.25, -0.2) is 0 Å². The van der Waals surface area contributed by atoms with E-state index in [-0.39, 0.29) is 18.2 Å². The molecule has 0 spiro atoms. The maximum Gasteiger partial charge on any atom is 0.247 e. The fraction of sp³-hybridized carbons (Fsp3) is 0.286. The standard InChI is InChI=1S/C28H32N2O4/c1-33-19-9-18-29-28(32)27(24-12-7-4-8-13-24)30(21-23-14-16-25(34-2)17-15-23)26(31)20-22-10-5-3-6-11-22/h3-8,10-17,27H,9,18-21H2,1-2H3,(H,29,32)/t27-/m1/s1. The summed E-state index contributed by atoms with van der Waals surface area (Å²) in [6.07, 6.45) is 0.900. The summed E-state index contributed by atoms with van der Waals surface area (Å²) >= 11 is 0. The van der Waals surface area contributed by atoms with Crippen LogP contribution in [0.25, 0.3) is 0 Å². The van der Waals surface area contributed by atoms with E-state index in [4.69, 9.17) is 9.47 Å². The molecule has 3 aromatic rings. The van der Waals surface area contributed by atoms with Gasteiger partial charge in [0.2, 0.25) is 11.8 Å². The Morgan fingerprint density at radius 1 is 0.853 bits per heavy atom. The first-order chi connectivity index (χ1) is 16.6. The van der Waals surface area contributed by atoms with Gasteiger partial charge < -0.3 is 19.7 Å². The maximum atomic E-state index is 13.6. The van der Waals surface area contributed by atoms with E-state index >= 15 is 0 Å². The first-order valence-electron chi connectivity index (χ1n) is 11.4. The van der Waals surface area contributed by atoms with Gasteiger partial charge in [-0.05, 0) is 35.2 Å². The van der Waals surface area contributed by atoms with Crippen molar-refractivity contribution in [2.24, 2.45) is 0 Å². The molecule has 34 heavy (non-hydrogen) atoms. The molecule has 3 aromatic carbocycles. The van der Waals surface area contributed by atoms with Gasteiger partial charge in [-0.15, -0.1) is 0 Å². The molecular formula is C28H32N2O4. The highest BCUT2D eigenvalue weighted by Gasteiger charge is 2.31. The summed E-state index contributed by atoms with van der Waals surface area (Å²) in [7, 11) is 3.25. The van der Waals surface area contributed by atoms with E-state index in [9.17, 15) is 9.59 Å². The zero-order valence-corrected chi connectivity index (χ0v) is 19.8. The van der Waals surface area contributed by atoms with Crippen molar-refractivity contribution in [1.29, 1.82) is 0 Å². The van der Waals surface area contributed by atoms with Crippen LogP contribution in [0.3, 0.4) is 0 Å². The Kier molecular flexibility index (Phi) is 9.67. The van der Waals surface area contributed by atoms with Gasteiger partial charge in [-0.2, -0.15) is 0 Å². The fourth-order valence-electron chi connectivity index (χ4n) is 3.76. The Morgan fingerprint density at radius 2 is 1.50 bits per heavy atom. The number of benzene rings is 3. The van der Waals surface area contributed by atoms with Crippen molar-refractivity contribution in [3.8, 4) is 5.75 Å². The summed E-state index contributed by atoms with van der Waals surface area (Å²) in [5, 5.41) is 2.99. The number of rotatable bonds is 12. The summed E-state index contributed by atoms with van der Waals surface area (Å²) in [5.41, 5.74) is 2.58. The zero-order chi connectivity index (χ0) is 24.2. The van der Waals surface area contributed by atoms with Crippen LogP contribution in [-0.4, -0.2) is 44.1 Å². The first kappa shape index (κ1) is 25.0. The van der Waals surface area contributed by atoms with Gasteiger partial charge in [0.25, 0.3) is 0 Å². The largest absolute Gasteiger partial charge is 0.497 e. The fourth-order valence-corrected chi connectivity index (χ4v) is 3.76. The van der Waals surface area contributed by atoms with Gasteiger partial charge in [0.15, 0.2) is 0 Å². The Labute approximate surface area is 201 Å². The number of hydrogen-bond acceptors (Lipinski definition) is 4. The van der Waals surface area contributed by atoms with Gasteiger partial charge in [0.05, 0.1) is 13.5 Å². The SMILES string of the molecule is COCCCNC(=O)[C@@H](c1ccccc1)N(Cc1ccc(OC)cc1)C(=O)Cc1ccccc1. The molecule has 2 amide bonds. The molecule has 1 atom stereocenters. The van der Waals surface area contributed by atoms with Crippen LogP contribution >= 0.6 is 0 Å². The molecule has 6 heteroatoms. The second-order valence-corrected chi connectivity index (χ2v) is 7.98. The van der Waals surface area contributed by atoms with Crippen LogP contribution in [0.2, 0.25) is 0 Å². The van der Waals surface area contributed by atoms with E-state index in [0.29, 0.717) is 26.1 Å². The van der Waals surface area contributed by atoms with Crippen LogP contribution in [0.5, 0.6) is 5.75 Å². The van der Waals surface area contributed by atoms with Crippen LogP contribution in [0.15, 0.2) is 84.9 Å². The third-order valence-corrected chi connectivity index (χ3v) is 5.53. The quantitative estimate of drug-likeness (QED) is 0.412. The molecule has 0 aliphatic carbocycles. The third kappa shape index (κ3) is 7.18. The van der Waals surface area contributed by atoms with Crippen molar-refractivity contribution in [1.82, 2.24) is 10.2 Å². The molecule has 1 N–H and O–H groups in total. The minimum absolute atomic E-state index is 0.122. The van der Waals surface area contributed by atoms with Crippen LogP contribution in [-0.2, 0) is 27.3 Å². The van der Waals surface area contributed by atoms with Crippen molar-refractivity contribution in [3.05, 3.63) is 102 Å². The van der Waals surface area contributed by atoms with Crippen LogP contribution in [0.4, 0.5) is 0 Å². The molecule has 0 aromatic heterocycles. The number of carbonyl (C=O) groups excluding carboxylic acids is 2. The summed E-state index contributed by atoms with van der Waals surface area (Å²) in [5.74, 6) is 0.404. The van der Waals surface area contributed by atoms with Gasteiger partial charge in [0.1, 0.15) is 11.8 Å². The average molecular weight is 461 g/mol. The Hall–Kier alpha value is -3.64. The van der Waals surface area contributed by atoms with Gasteiger partial charge in [-0.1, -0.05) is 72.8 Å². The number of carbonyl (C=O) groups is 2. The average Bonchev–Trinajstić information content (AvgIpc) is 2.88. The molecule has 0 unspecified atom stereocenters. The van der Waals surface area contributed by atoms with Crippen molar-refractivity contribution < 1.29 is 19.1 Å². The minimum atomic E-state index is -0.762. The van der Waals surface area contributed by atoms with E-state index in [0.717, 1.165) is 22.4 Å². The maximum absolute atomic E-state index is 13.6. The molecule has 6 nitrogen and oxygen atoms in total. The van der Waals surface area contributed by atoms with E-state index in [1.165, 1.54) is 0 Å². The lowest BCUT2D eigenvalue weighted by Crippen LogP contribution is -2.44. The lowest BCUT2D eigenvalue weighted by molar-refractivity contribution is -0.141. The van der Waals surface area contributed by atoms with Crippen LogP contribution in [0.1, 0.15) is 29.2 Å². The van der Waals surface area contributed by atoms with Crippen LogP contribution < -0.4 is 10.1 Å². The van der Waals surface area contributed by atoms with E-state index in [1.807, 2.05) is 84.9 Å². The van der Waals surface area contributed by atoms with E-state index in [1.54, 1.807) is 19.1 Å². The molecule has 0 aliphatic heterocycles. The topological polar surface area (TPSA) is 67.9 Å². The second kappa shape index (κ2) is 13.2. The minimum Gasteiger partial charge on any atom is -0.497 e. The molecule has 0 aliphatic rings. The highest BCUT2D eigenvalue weighted by molar-refractivity contribution is 5.89. The molecule has 0 fully saturated rings. The summed E-state index contributed by atoms with van der Waals surface area (Å²) < 4.78 is 10.4. The zero-order valence-electron chi connectivity index (χ0n) is 19.8. The summed E-state index contributed by atoms with van der Waals surface area (Å²) in [4.78, 5) is 28.7. The third-order valence-electron chi connectivity index (χ3n) is 5.53. The molecule has 0 saturated heterocycles.